The van der Waals surface area contributed by atoms with E-state index < -0.39 is 0 Å². The smallest absolute Gasteiger partial charge is 0.226 e. The zero-order valence-corrected chi connectivity index (χ0v) is 40.7. The van der Waals surface area contributed by atoms with Gasteiger partial charge >= 0.3 is 0 Å². The quantitative estimate of drug-likeness (QED) is 0.187. The number of aromatic nitrogens is 6. The normalized spacial score (nSPS) is 12.4. The largest absolute Gasteiger partial charge is 0.354 e. The van der Waals surface area contributed by atoms with Crippen molar-refractivity contribution in [2.75, 3.05) is 0 Å². The van der Waals surface area contributed by atoms with Crippen LogP contribution >= 0.6 is 11.6 Å². The first-order valence-corrected chi connectivity index (χ1v) is 24.7. The second-order valence-corrected chi connectivity index (χ2v) is 18.6. The lowest BCUT2D eigenvalue weighted by Crippen LogP contribution is -2.14. The van der Waals surface area contributed by atoms with E-state index in [4.69, 9.17) is 11.6 Å². The van der Waals surface area contributed by atoms with Crippen LogP contribution in [0.25, 0.3) is 111 Å². The summed E-state index contributed by atoms with van der Waals surface area (Å²) in [7, 11) is 0. The van der Waals surface area contributed by atoms with Gasteiger partial charge in [-0.25, -0.2) is 4.98 Å². The molecule has 0 saturated carbocycles. The summed E-state index contributed by atoms with van der Waals surface area (Å²) in [6.07, 6.45) is 0. The molecule has 342 valence electrons. The van der Waals surface area contributed by atoms with Crippen LogP contribution in [0.4, 0.5) is 0 Å². The lowest BCUT2D eigenvalue weighted by Gasteiger charge is -2.21. The Morgan fingerprint density at radius 1 is 0.408 bits per heavy atom. The molecule has 1 aliphatic rings. The van der Waals surface area contributed by atoms with Crippen LogP contribution in [0.3, 0.4) is 0 Å². The Balaban J connectivity index is 0.000000207. The molecule has 0 radical (unpaired) electrons. The Labute approximate surface area is 417 Å². The predicted octanol–water partition coefficient (Wildman–Crippen LogP) is 17.2. The minimum Gasteiger partial charge on any atom is -0.354 e. The number of fused-ring (bicyclic) bond motifs is 11. The molecule has 9 aromatic carbocycles. The van der Waals surface area contributed by atoms with Gasteiger partial charge in [0.05, 0.1) is 22.2 Å². The maximum Gasteiger partial charge on any atom is 0.226 e. The molecule has 0 amide bonds. The van der Waals surface area contributed by atoms with Gasteiger partial charge in [-0.05, 0) is 101 Å². The van der Waals surface area contributed by atoms with E-state index in [9.17, 15) is 0 Å². The van der Waals surface area contributed by atoms with E-state index in [1.54, 1.807) is 0 Å². The van der Waals surface area contributed by atoms with Gasteiger partial charge in [0.15, 0.2) is 11.6 Å². The first kappa shape index (κ1) is 43.7. The third-order valence-electron chi connectivity index (χ3n) is 13.9. The topological polar surface area (TPSA) is 64.3 Å². The number of hydrogen-bond acceptors (Lipinski definition) is 3. The summed E-state index contributed by atoms with van der Waals surface area (Å²) < 4.78 is 4.87. The number of para-hydroxylation sites is 3. The van der Waals surface area contributed by atoms with Crippen molar-refractivity contribution in [3.8, 4) is 56.5 Å². The van der Waals surface area contributed by atoms with Crippen LogP contribution in [0.15, 0.2) is 218 Å². The molecule has 0 spiro atoms. The highest BCUT2D eigenvalue weighted by Crippen LogP contribution is 2.54. The van der Waals surface area contributed by atoms with Gasteiger partial charge in [0.25, 0.3) is 0 Å². The molecule has 6 nitrogen and oxygen atoms in total. The Morgan fingerprint density at radius 3 is 1.59 bits per heavy atom. The lowest BCUT2D eigenvalue weighted by molar-refractivity contribution is 0.666. The number of aromatic amines is 1. The number of benzene rings is 9. The highest BCUT2D eigenvalue weighted by atomic mass is 35.5. The van der Waals surface area contributed by atoms with Crippen molar-refractivity contribution < 1.29 is 0 Å². The summed E-state index contributed by atoms with van der Waals surface area (Å²) in [5, 5.41) is 6.53. The Kier molecular flexibility index (Phi) is 10.9. The molecular formula is C64H49ClN6. The molecule has 0 saturated heterocycles. The van der Waals surface area contributed by atoms with E-state index in [0.29, 0.717) is 11.6 Å². The van der Waals surface area contributed by atoms with Crippen molar-refractivity contribution in [2.24, 2.45) is 0 Å². The summed E-state index contributed by atoms with van der Waals surface area (Å²) in [5.74, 6) is 1.17. The van der Waals surface area contributed by atoms with Gasteiger partial charge in [0, 0.05) is 71.4 Å². The molecule has 0 unspecified atom stereocenters. The van der Waals surface area contributed by atoms with E-state index in [2.05, 4.69) is 201 Å². The van der Waals surface area contributed by atoms with E-state index >= 15 is 0 Å². The van der Waals surface area contributed by atoms with E-state index in [1.165, 1.54) is 93.9 Å². The van der Waals surface area contributed by atoms with E-state index in [1.807, 2.05) is 74.5 Å². The van der Waals surface area contributed by atoms with Gasteiger partial charge < -0.3 is 14.1 Å². The molecule has 7 heteroatoms. The molecule has 1 aliphatic carbocycles. The monoisotopic (exact) mass is 936 g/mol. The zero-order chi connectivity index (χ0) is 48.2. The molecule has 4 heterocycles. The maximum absolute atomic E-state index is 5.99. The van der Waals surface area contributed by atoms with Crippen molar-refractivity contribution in [2.45, 2.75) is 33.1 Å². The van der Waals surface area contributed by atoms with Crippen molar-refractivity contribution in [1.82, 2.24) is 29.1 Å². The molecule has 0 atom stereocenters. The fourth-order valence-corrected chi connectivity index (χ4v) is 10.9. The fourth-order valence-electron chi connectivity index (χ4n) is 10.8. The summed E-state index contributed by atoms with van der Waals surface area (Å²) in [4.78, 5) is 16.6. The fraction of sp³-hybridized carbons (Fsp3) is 0.0781. The average Bonchev–Trinajstić information content (AvgIpc) is 4.14. The molecule has 0 fully saturated rings. The third kappa shape index (κ3) is 7.38. The SMILES string of the molecule is CC.CC1(C)c2ccccc2-c2c1c1cc3[nH]c4ccc(-c5ccc6c(c5)c5ccccc5n6-c5ccccc5)cc4c3cc1n2-c1ccccc1.Clc1nc(-c2ccccc2)nc(-c2ccccc2)n1. The van der Waals surface area contributed by atoms with Crippen LogP contribution in [0.2, 0.25) is 5.28 Å². The maximum atomic E-state index is 5.99. The average molecular weight is 938 g/mol. The van der Waals surface area contributed by atoms with Gasteiger partial charge in [0.1, 0.15) is 0 Å². The molecule has 1 N–H and O–H groups in total. The standard InChI is InChI=1S/C47H33N3.C15H10ClN3.C2H6/c1-47(2)39-19-11-9-18-34(39)46-45(47)38-27-41-36(28-44(38)50(46)32-15-7-4-8-16-32)35-25-29(21-23-40(35)48-41)30-22-24-43-37(26-30)33-17-10-12-20-42(33)49(43)31-13-5-3-6-14-31;16-15-18-13(11-7-3-1-4-8-11)17-14(19-15)12-9-5-2-6-10-12;1-2/h3-28,48H,1-2H3;1-10H;1-2H3. The number of rotatable bonds is 5. The highest BCUT2D eigenvalue weighted by molar-refractivity contribution is 6.28. The molecule has 0 bridgehead atoms. The van der Waals surface area contributed by atoms with Gasteiger partial charge in [-0.3, -0.25) is 0 Å². The third-order valence-corrected chi connectivity index (χ3v) is 14.0. The minimum atomic E-state index is -0.112. The Hall–Kier alpha value is -8.58. The number of nitrogens with one attached hydrogen (secondary N) is 1. The van der Waals surface area contributed by atoms with Gasteiger partial charge in [0.2, 0.25) is 5.28 Å². The molecule has 4 aromatic heterocycles. The molecule has 14 rings (SSSR count). The van der Waals surface area contributed by atoms with Crippen LogP contribution in [-0.2, 0) is 5.41 Å². The Morgan fingerprint density at radius 2 is 0.930 bits per heavy atom. The Bertz CT molecular complexity index is 4040. The van der Waals surface area contributed by atoms with Crippen LogP contribution in [0.1, 0.15) is 38.8 Å². The lowest BCUT2D eigenvalue weighted by atomic mass is 9.81. The van der Waals surface area contributed by atoms with Crippen LogP contribution in [0, 0.1) is 0 Å². The summed E-state index contributed by atoms with van der Waals surface area (Å²) in [6.45, 7) is 8.75. The molecule has 0 aliphatic heterocycles. The van der Waals surface area contributed by atoms with Crippen molar-refractivity contribution in [3.05, 3.63) is 235 Å². The van der Waals surface area contributed by atoms with E-state index in [-0.39, 0.29) is 10.7 Å². The van der Waals surface area contributed by atoms with Crippen molar-refractivity contribution in [1.29, 1.82) is 0 Å². The second-order valence-electron chi connectivity index (χ2n) is 18.3. The van der Waals surface area contributed by atoms with Crippen LogP contribution in [-0.4, -0.2) is 29.1 Å². The van der Waals surface area contributed by atoms with E-state index in [0.717, 1.165) is 16.6 Å². The van der Waals surface area contributed by atoms with Gasteiger partial charge in [-0.2, -0.15) is 9.97 Å². The number of halogens is 1. The van der Waals surface area contributed by atoms with Gasteiger partial charge in [-0.15, -0.1) is 0 Å². The predicted molar refractivity (Wildman–Crippen MR) is 297 cm³/mol. The number of nitrogens with zero attached hydrogens (tertiary/aromatic N) is 5. The van der Waals surface area contributed by atoms with Crippen LogP contribution in [0.5, 0.6) is 0 Å². The number of H-pyrrole nitrogens is 1. The summed E-state index contributed by atoms with van der Waals surface area (Å²) in [6, 6.07) is 77.3. The molecular weight excluding hydrogens is 888 g/mol. The zero-order valence-electron chi connectivity index (χ0n) is 39.9. The molecule has 13 aromatic rings. The highest BCUT2D eigenvalue weighted by Gasteiger charge is 2.40. The minimum absolute atomic E-state index is 0.112. The first-order valence-electron chi connectivity index (χ1n) is 24.3. The van der Waals surface area contributed by atoms with Crippen LogP contribution < -0.4 is 0 Å². The first-order chi connectivity index (χ1) is 34.9. The van der Waals surface area contributed by atoms with Crippen molar-refractivity contribution in [3.63, 3.8) is 0 Å². The van der Waals surface area contributed by atoms with Crippen molar-refractivity contribution >= 4 is 66.1 Å². The molecule has 71 heavy (non-hydrogen) atoms. The summed E-state index contributed by atoms with van der Waals surface area (Å²) >= 11 is 5.99. The number of hydrogen-bond donors (Lipinski definition) is 1. The van der Waals surface area contributed by atoms with Gasteiger partial charge in [-0.1, -0.05) is 179 Å². The summed E-state index contributed by atoms with van der Waals surface area (Å²) in [5.41, 5.74) is 18.0. The second kappa shape index (κ2) is 17.7.